The second-order valence-electron chi connectivity index (χ2n) is 4.00. The monoisotopic (exact) mass is 328 g/mol. The molecule has 0 radical (unpaired) electrons. The fraction of sp³-hybridized carbons (Fsp3) is 0.308. The van der Waals surface area contributed by atoms with Crippen molar-refractivity contribution in [2.75, 3.05) is 0 Å². The molecule has 1 aromatic heterocycles. The molecule has 0 saturated heterocycles. The minimum absolute atomic E-state index is 0.507. The second kappa shape index (κ2) is 5.87. The van der Waals surface area contributed by atoms with Gasteiger partial charge in [-0.15, -0.1) is 0 Å². The zero-order valence-corrected chi connectivity index (χ0v) is 12.3. The summed E-state index contributed by atoms with van der Waals surface area (Å²) < 4.78 is 2.71. The van der Waals surface area contributed by atoms with Crippen molar-refractivity contribution in [2.45, 2.75) is 26.0 Å². The summed E-state index contributed by atoms with van der Waals surface area (Å²) in [6.07, 6.45) is 1.43. The molecule has 1 N–H and O–H groups in total. The van der Waals surface area contributed by atoms with Gasteiger partial charge in [-0.05, 0) is 18.6 Å². The van der Waals surface area contributed by atoms with E-state index in [0.29, 0.717) is 23.7 Å². The molecule has 2 rings (SSSR count). The highest BCUT2D eigenvalue weighted by atomic mass is 79.9. The minimum atomic E-state index is -0.654. The third kappa shape index (κ3) is 2.76. The van der Waals surface area contributed by atoms with E-state index in [1.165, 1.54) is 0 Å². The Balaban J connectivity index is 2.24. The molecule has 1 atom stereocenters. The molecular formula is C13H14BrClN2O. The SMILES string of the molecule is CCn1ncc(Cl)c1C(O)Cc1ccccc1Br. The van der Waals surface area contributed by atoms with E-state index in [4.69, 9.17) is 11.6 Å². The van der Waals surface area contributed by atoms with Crippen LogP contribution in [0.5, 0.6) is 0 Å². The van der Waals surface area contributed by atoms with E-state index < -0.39 is 6.10 Å². The average Bonchev–Trinajstić information content (AvgIpc) is 2.73. The Kier molecular flexibility index (Phi) is 4.43. The molecule has 0 amide bonds. The molecule has 0 aliphatic heterocycles. The summed E-state index contributed by atoms with van der Waals surface area (Å²) >= 11 is 9.55. The first-order valence-corrected chi connectivity index (χ1v) is 6.93. The number of aliphatic hydroxyl groups excluding tert-OH is 1. The number of rotatable bonds is 4. The van der Waals surface area contributed by atoms with Crippen LogP contribution in [0.25, 0.3) is 0 Å². The van der Waals surface area contributed by atoms with Crippen LogP contribution in [0, 0.1) is 0 Å². The summed E-state index contributed by atoms with van der Waals surface area (Å²) in [5.74, 6) is 0. The largest absolute Gasteiger partial charge is 0.386 e. The van der Waals surface area contributed by atoms with Gasteiger partial charge in [0.2, 0.25) is 0 Å². The summed E-state index contributed by atoms with van der Waals surface area (Å²) in [4.78, 5) is 0. The first-order chi connectivity index (χ1) is 8.63. The molecule has 2 aromatic rings. The van der Waals surface area contributed by atoms with Crippen LogP contribution in [0.15, 0.2) is 34.9 Å². The van der Waals surface area contributed by atoms with Gasteiger partial charge < -0.3 is 5.11 Å². The van der Waals surface area contributed by atoms with E-state index >= 15 is 0 Å². The lowest BCUT2D eigenvalue weighted by Crippen LogP contribution is -2.10. The zero-order chi connectivity index (χ0) is 13.1. The third-order valence-electron chi connectivity index (χ3n) is 2.82. The Morgan fingerprint density at radius 2 is 2.17 bits per heavy atom. The summed E-state index contributed by atoms with van der Waals surface area (Å²) in [6.45, 7) is 2.66. The van der Waals surface area contributed by atoms with Gasteiger partial charge in [-0.1, -0.05) is 45.7 Å². The van der Waals surface area contributed by atoms with Crippen molar-refractivity contribution >= 4 is 27.5 Å². The van der Waals surface area contributed by atoms with Gasteiger partial charge in [-0.3, -0.25) is 4.68 Å². The third-order valence-corrected chi connectivity index (χ3v) is 3.88. The number of benzene rings is 1. The lowest BCUT2D eigenvalue weighted by Gasteiger charge is -2.14. The molecule has 0 aliphatic carbocycles. The lowest BCUT2D eigenvalue weighted by molar-refractivity contribution is 0.167. The quantitative estimate of drug-likeness (QED) is 0.931. The maximum Gasteiger partial charge on any atom is 0.101 e. The van der Waals surface area contributed by atoms with Crippen LogP contribution in [-0.2, 0) is 13.0 Å². The number of hydrogen-bond donors (Lipinski definition) is 1. The number of nitrogens with zero attached hydrogens (tertiary/aromatic N) is 2. The van der Waals surface area contributed by atoms with Gasteiger partial charge in [-0.2, -0.15) is 5.10 Å². The highest BCUT2D eigenvalue weighted by Crippen LogP contribution is 2.28. The minimum Gasteiger partial charge on any atom is -0.386 e. The van der Waals surface area contributed by atoms with Gasteiger partial charge >= 0.3 is 0 Å². The van der Waals surface area contributed by atoms with Crippen LogP contribution in [0.1, 0.15) is 24.3 Å². The van der Waals surface area contributed by atoms with Crippen LogP contribution in [-0.4, -0.2) is 14.9 Å². The number of hydrogen-bond acceptors (Lipinski definition) is 2. The fourth-order valence-electron chi connectivity index (χ4n) is 1.92. The molecule has 1 heterocycles. The summed E-state index contributed by atoms with van der Waals surface area (Å²) in [5, 5.41) is 15.0. The molecule has 18 heavy (non-hydrogen) atoms. The summed E-state index contributed by atoms with van der Waals surface area (Å²) in [5.41, 5.74) is 1.72. The molecule has 96 valence electrons. The van der Waals surface area contributed by atoms with Gasteiger partial charge in [0.15, 0.2) is 0 Å². The predicted octanol–water partition coefficient (Wildman–Crippen LogP) is 3.60. The van der Waals surface area contributed by atoms with Crippen LogP contribution in [0.3, 0.4) is 0 Å². The van der Waals surface area contributed by atoms with Gasteiger partial charge in [0.25, 0.3) is 0 Å². The molecule has 0 saturated carbocycles. The predicted molar refractivity (Wildman–Crippen MR) is 75.7 cm³/mol. The molecule has 0 aliphatic rings. The standard InChI is InChI=1S/C13H14BrClN2O/c1-2-17-13(11(15)8-16-17)12(18)7-9-5-3-4-6-10(9)14/h3-6,8,12,18H,2,7H2,1H3. The van der Waals surface area contributed by atoms with E-state index in [1.54, 1.807) is 10.9 Å². The van der Waals surface area contributed by atoms with Crippen LogP contribution >= 0.6 is 27.5 Å². The molecule has 3 nitrogen and oxygen atoms in total. The zero-order valence-electron chi connectivity index (χ0n) is 9.98. The molecule has 0 fully saturated rings. The van der Waals surface area contributed by atoms with Crippen molar-refractivity contribution in [3.63, 3.8) is 0 Å². The van der Waals surface area contributed by atoms with Crippen molar-refractivity contribution in [3.05, 3.63) is 51.2 Å². The topological polar surface area (TPSA) is 38.0 Å². The Bertz CT molecular complexity index is 542. The van der Waals surface area contributed by atoms with Crippen molar-refractivity contribution in [3.8, 4) is 0 Å². The molecule has 5 heteroatoms. The van der Waals surface area contributed by atoms with Crippen molar-refractivity contribution in [1.82, 2.24) is 9.78 Å². The Morgan fingerprint density at radius 1 is 1.44 bits per heavy atom. The molecule has 1 unspecified atom stereocenters. The van der Waals surface area contributed by atoms with Gasteiger partial charge in [0, 0.05) is 17.4 Å². The maximum absolute atomic E-state index is 10.3. The summed E-state index contributed by atoms with van der Waals surface area (Å²) in [6, 6.07) is 7.84. The Hall–Kier alpha value is -0.840. The Morgan fingerprint density at radius 3 is 2.83 bits per heavy atom. The molecule has 1 aromatic carbocycles. The van der Waals surface area contributed by atoms with E-state index in [0.717, 1.165) is 10.0 Å². The van der Waals surface area contributed by atoms with E-state index in [1.807, 2.05) is 31.2 Å². The smallest absolute Gasteiger partial charge is 0.101 e. The number of aliphatic hydroxyl groups is 1. The number of halogens is 2. The first-order valence-electron chi connectivity index (χ1n) is 5.76. The van der Waals surface area contributed by atoms with Crippen LogP contribution < -0.4 is 0 Å². The van der Waals surface area contributed by atoms with Crippen LogP contribution in [0.4, 0.5) is 0 Å². The van der Waals surface area contributed by atoms with Gasteiger partial charge in [0.05, 0.1) is 16.9 Å². The normalized spacial score (nSPS) is 12.7. The Labute approximate surface area is 120 Å². The highest BCUT2D eigenvalue weighted by molar-refractivity contribution is 9.10. The van der Waals surface area contributed by atoms with E-state index in [9.17, 15) is 5.11 Å². The van der Waals surface area contributed by atoms with Crippen LogP contribution in [0.2, 0.25) is 5.02 Å². The second-order valence-corrected chi connectivity index (χ2v) is 5.27. The van der Waals surface area contributed by atoms with Crippen molar-refractivity contribution < 1.29 is 5.11 Å². The van der Waals surface area contributed by atoms with Gasteiger partial charge in [0.1, 0.15) is 6.10 Å². The molecular weight excluding hydrogens is 316 g/mol. The number of aryl methyl sites for hydroxylation is 1. The van der Waals surface area contributed by atoms with E-state index in [-0.39, 0.29) is 0 Å². The highest BCUT2D eigenvalue weighted by Gasteiger charge is 2.18. The number of aromatic nitrogens is 2. The van der Waals surface area contributed by atoms with E-state index in [2.05, 4.69) is 21.0 Å². The maximum atomic E-state index is 10.3. The van der Waals surface area contributed by atoms with Gasteiger partial charge in [-0.25, -0.2) is 0 Å². The molecule has 0 spiro atoms. The van der Waals surface area contributed by atoms with Crippen molar-refractivity contribution in [1.29, 1.82) is 0 Å². The lowest BCUT2D eigenvalue weighted by atomic mass is 10.1. The average molecular weight is 330 g/mol. The first kappa shape index (κ1) is 13.6. The van der Waals surface area contributed by atoms with Crippen molar-refractivity contribution in [2.24, 2.45) is 0 Å². The molecule has 0 bridgehead atoms. The summed E-state index contributed by atoms with van der Waals surface area (Å²) in [7, 11) is 0. The fourth-order valence-corrected chi connectivity index (χ4v) is 2.64.